The number of nitrogens with zero attached hydrogens (tertiary/aromatic N) is 1. The highest BCUT2D eigenvalue weighted by molar-refractivity contribution is 6.36. The molecule has 1 aromatic carbocycles. The molecule has 1 atom stereocenters. The molecule has 1 aromatic rings. The number of ketones is 1. The molecule has 0 aliphatic rings. The number of hydrogen-bond donors (Lipinski definition) is 0. The van der Waals surface area contributed by atoms with Crippen molar-refractivity contribution in [1.29, 1.82) is 5.26 Å². The zero-order valence-electron chi connectivity index (χ0n) is 9.00. The molecule has 0 heterocycles. The van der Waals surface area contributed by atoms with Crippen molar-refractivity contribution >= 4 is 29.0 Å². The lowest BCUT2D eigenvalue weighted by Crippen LogP contribution is -2.19. The van der Waals surface area contributed by atoms with E-state index in [0.29, 0.717) is 15.6 Å². The van der Waals surface area contributed by atoms with Gasteiger partial charge < -0.3 is 0 Å². The first kappa shape index (κ1) is 13.0. The molecule has 0 aromatic heterocycles. The van der Waals surface area contributed by atoms with Crippen molar-refractivity contribution in [3.63, 3.8) is 0 Å². The predicted molar refractivity (Wildman–Crippen MR) is 64.7 cm³/mol. The fourth-order valence-electron chi connectivity index (χ4n) is 1.37. The van der Waals surface area contributed by atoms with Crippen LogP contribution in [0.2, 0.25) is 10.0 Å². The van der Waals surface area contributed by atoms with E-state index in [2.05, 4.69) is 0 Å². The van der Waals surface area contributed by atoms with Gasteiger partial charge in [0, 0.05) is 10.6 Å². The molecule has 0 saturated heterocycles. The Morgan fingerprint density at radius 2 is 2.00 bits per heavy atom. The van der Waals surface area contributed by atoms with Gasteiger partial charge in [-0.05, 0) is 24.1 Å². The summed E-state index contributed by atoms with van der Waals surface area (Å²) in [6.07, 6.45) is 0. The molecule has 1 rings (SSSR count). The SMILES string of the molecule is CC(C)C(C#N)C(=O)c1ccc(Cl)cc1Cl. The first-order valence-electron chi connectivity index (χ1n) is 4.86. The van der Waals surface area contributed by atoms with Crippen molar-refractivity contribution in [1.82, 2.24) is 0 Å². The molecule has 16 heavy (non-hydrogen) atoms. The molecular formula is C12H11Cl2NO. The summed E-state index contributed by atoms with van der Waals surface area (Å²) in [7, 11) is 0. The van der Waals surface area contributed by atoms with E-state index in [4.69, 9.17) is 28.5 Å². The number of carbonyl (C=O) groups is 1. The number of benzene rings is 1. The predicted octanol–water partition coefficient (Wildman–Crippen LogP) is 3.97. The van der Waals surface area contributed by atoms with Crippen molar-refractivity contribution in [2.45, 2.75) is 13.8 Å². The molecule has 84 valence electrons. The van der Waals surface area contributed by atoms with Crippen LogP contribution < -0.4 is 0 Å². The number of halogens is 2. The molecule has 0 bridgehead atoms. The van der Waals surface area contributed by atoms with E-state index in [-0.39, 0.29) is 11.7 Å². The summed E-state index contributed by atoms with van der Waals surface area (Å²) >= 11 is 11.7. The molecule has 0 fully saturated rings. The number of nitriles is 1. The van der Waals surface area contributed by atoms with Gasteiger partial charge in [-0.25, -0.2) is 0 Å². The largest absolute Gasteiger partial charge is 0.293 e. The number of hydrogen-bond acceptors (Lipinski definition) is 2. The van der Waals surface area contributed by atoms with Crippen molar-refractivity contribution in [3.8, 4) is 6.07 Å². The Morgan fingerprint density at radius 1 is 1.38 bits per heavy atom. The van der Waals surface area contributed by atoms with Gasteiger partial charge in [0.1, 0.15) is 5.92 Å². The summed E-state index contributed by atoms with van der Waals surface area (Å²) in [5.41, 5.74) is 0.353. The van der Waals surface area contributed by atoms with Crippen LogP contribution in [-0.4, -0.2) is 5.78 Å². The summed E-state index contributed by atoms with van der Waals surface area (Å²) in [6.45, 7) is 3.66. The molecule has 2 nitrogen and oxygen atoms in total. The van der Waals surface area contributed by atoms with Crippen LogP contribution >= 0.6 is 23.2 Å². The number of rotatable bonds is 3. The molecule has 4 heteroatoms. The summed E-state index contributed by atoms with van der Waals surface area (Å²) in [6, 6.07) is 6.65. The van der Waals surface area contributed by atoms with Gasteiger partial charge in [-0.15, -0.1) is 0 Å². The van der Waals surface area contributed by atoms with Gasteiger partial charge in [0.2, 0.25) is 0 Å². The third-order valence-corrected chi connectivity index (χ3v) is 2.83. The van der Waals surface area contributed by atoms with Gasteiger partial charge in [-0.1, -0.05) is 37.0 Å². The van der Waals surface area contributed by atoms with Gasteiger partial charge in [0.15, 0.2) is 5.78 Å². The van der Waals surface area contributed by atoms with Crippen LogP contribution in [0.1, 0.15) is 24.2 Å². The molecule has 0 saturated carbocycles. The van der Waals surface area contributed by atoms with E-state index in [1.54, 1.807) is 12.1 Å². The Balaban J connectivity index is 3.10. The van der Waals surface area contributed by atoms with E-state index in [0.717, 1.165) is 0 Å². The molecule has 0 N–H and O–H groups in total. The highest BCUT2D eigenvalue weighted by Gasteiger charge is 2.24. The smallest absolute Gasteiger partial charge is 0.181 e. The van der Waals surface area contributed by atoms with E-state index >= 15 is 0 Å². The third kappa shape index (κ3) is 2.75. The van der Waals surface area contributed by atoms with Gasteiger partial charge in [0.25, 0.3) is 0 Å². The molecule has 0 amide bonds. The van der Waals surface area contributed by atoms with Crippen LogP contribution in [-0.2, 0) is 0 Å². The van der Waals surface area contributed by atoms with Gasteiger partial charge in [0.05, 0.1) is 11.1 Å². The minimum Gasteiger partial charge on any atom is -0.293 e. The molecule has 0 aliphatic carbocycles. The minimum atomic E-state index is -0.668. The monoisotopic (exact) mass is 255 g/mol. The van der Waals surface area contributed by atoms with Crippen LogP contribution in [0.15, 0.2) is 18.2 Å². The minimum absolute atomic E-state index is 0.0377. The van der Waals surface area contributed by atoms with E-state index in [9.17, 15) is 4.79 Å². The van der Waals surface area contributed by atoms with Crippen LogP contribution in [0.4, 0.5) is 0 Å². The number of carbonyl (C=O) groups excluding carboxylic acids is 1. The van der Waals surface area contributed by atoms with Crippen LogP contribution in [0.25, 0.3) is 0 Å². The summed E-state index contributed by atoms with van der Waals surface area (Å²) in [5.74, 6) is -0.956. The Hall–Kier alpha value is -1.04. The normalized spacial score (nSPS) is 12.2. The fourth-order valence-corrected chi connectivity index (χ4v) is 1.87. The van der Waals surface area contributed by atoms with Crippen molar-refractivity contribution in [2.24, 2.45) is 11.8 Å². The summed E-state index contributed by atoms with van der Waals surface area (Å²) < 4.78 is 0. The highest BCUT2D eigenvalue weighted by atomic mass is 35.5. The zero-order chi connectivity index (χ0) is 12.3. The summed E-state index contributed by atoms with van der Waals surface area (Å²) in [5, 5.41) is 9.70. The summed E-state index contributed by atoms with van der Waals surface area (Å²) in [4.78, 5) is 12.0. The second-order valence-corrected chi connectivity index (χ2v) is 4.68. The van der Waals surface area contributed by atoms with Crippen molar-refractivity contribution < 1.29 is 4.79 Å². The Bertz CT molecular complexity index is 449. The molecule has 0 spiro atoms. The first-order chi connectivity index (χ1) is 7.47. The second kappa shape index (κ2) is 5.34. The average molecular weight is 256 g/mol. The zero-order valence-corrected chi connectivity index (χ0v) is 10.5. The second-order valence-electron chi connectivity index (χ2n) is 3.84. The number of Topliss-reactive ketones (excluding diaryl/α,β-unsaturated/α-hetero) is 1. The Kier molecular flexibility index (Phi) is 4.35. The van der Waals surface area contributed by atoms with Gasteiger partial charge in [-0.2, -0.15) is 5.26 Å². The topological polar surface area (TPSA) is 40.9 Å². The molecular weight excluding hydrogens is 245 g/mol. The maximum atomic E-state index is 12.0. The van der Waals surface area contributed by atoms with E-state index in [1.807, 2.05) is 19.9 Å². The van der Waals surface area contributed by atoms with Crippen LogP contribution in [0.5, 0.6) is 0 Å². The Labute approximate surface area is 105 Å². The first-order valence-corrected chi connectivity index (χ1v) is 5.62. The fraction of sp³-hybridized carbons (Fsp3) is 0.333. The molecule has 1 unspecified atom stereocenters. The third-order valence-electron chi connectivity index (χ3n) is 2.28. The molecule has 0 aliphatic heterocycles. The van der Waals surface area contributed by atoms with Crippen molar-refractivity contribution in [2.75, 3.05) is 0 Å². The average Bonchev–Trinajstić information content (AvgIpc) is 2.17. The van der Waals surface area contributed by atoms with E-state index in [1.165, 1.54) is 6.07 Å². The maximum Gasteiger partial charge on any atom is 0.181 e. The quantitative estimate of drug-likeness (QED) is 0.767. The van der Waals surface area contributed by atoms with Gasteiger partial charge >= 0.3 is 0 Å². The standard InChI is InChI=1S/C12H11Cl2NO/c1-7(2)10(6-15)12(16)9-4-3-8(13)5-11(9)14/h3-5,7,10H,1-2H3. The van der Waals surface area contributed by atoms with Crippen LogP contribution in [0.3, 0.4) is 0 Å². The van der Waals surface area contributed by atoms with E-state index < -0.39 is 5.92 Å². The molecule has 0 radical (unpaired) electrons. The maximum absolute atomic E-state index is 12.0. The highest BCUT2D eigenvalue weighted by Crippen LogP contribution is 2.25. The lowest BCUT2D eigenvalue weighted by molar-refractivity contribution is 0.0924. The van der Waals surface area contributed by atoms with Gasteiger partial charge in [-0.3, -0.25) is 4.79 Å². The lowest BCUT2D eigenvalue weighted by Gasteiger charge is -2.12. The lowest BCUT2D eigenvalue weighted by atomic mass is 9.89. The van der Waals surface area contributed by atoms with Crippen molar-refractivity contribution in [3.05, 3.63) is 33.8 Å². The van der Waals surface area contributed by atoms with Crippen LogP contribution in [0, 0.1) is 23.2 Å². The Morgan fingerprint density at radius 3 is 2.44 bits per heavy atom.